The Bertz CT molecular complexity index is 2500. The number of likely N-dealkylation sites (N-methyl/N-ethyl adjacent to an activating group) is 1. The number of carbonyl (C=O) groups is 10. The number of benzene rings is 2. The highest BCUT2D eigenvalue weighted by molar-refractivity contribution is 5.99. The quantitative estimate of drug-likeness (QED) is 0.0172. The Morgan fingerprint density at radius 2 is 0.877 bits per heavy atom. The van der Waals surface area contributed by atoms with Crippen LogP contribution in [0.4, 0.5) is 0 Å². The molecule has 30 heteroatoms. The second-order valence-corrected chi connectivity index (χ2v) is 19.8. The first-order valence-electron chi connectivity index (χ1n) is 26.1. The average Bonchev–Trinajstić information content (AvgIpc) is 3.40. The monoisotopic (exact) mass is 1140 g/mol. The van der Waals surface area contributed by atoms with E-state index in [1.54, 1.807) is 27.7 Å². The lowest BCUT2D eigenvalue weighted by Crippen LogP contribution is -2.61. The highest BCUT2D eigenvalue weighted by Crippen LogP contribution is 2.16. The average molecular weight is 1140 g/mol. The van der Waals surface area contributed by atoms with Crippen molar-refractivity contribution < 1.29 is 63.3 Å². The van der Waals surface area contributed by atoms with Gasteiger partial charge in [-0.2, -0.15) is 0 Å². The van der Waals surface area contributed by atoms with Crippen molar-refractivity contribution in [1.29, 1.82) is 0 Å². The number of guanidine groups is 2. The summed E-state index contributed by atoms with van der Waals surface area (Å²) in [5.74, 6) is -10.8. The summed E-state index contributed by atoms with van der Waals surface area (Å²) in [7, 11) is 1.51. The maximum atomic E-state index is 14.6. The number of carbonyl (C=O) groups excluding carboxylic acids is 10. The summed E-state index contributed by atoms with van der Waals surface area (Å²) in [4.78, 5) is 144. The van der Waals surface area contributed by atoms with E-state index in [0.717, 1.165) is 0 Å². The Labute approximate surface area is 468 Å². The zero-order chi connectivity index (χ0) is 60.9. The number of amides is 10. The van der Waals surface area contributed by atoms with Crippen LogP contribution in [0.25, 0.3) is 0 Å². The fourth-order valence-electron chi connectivity index (χ4n) is 7.84. The number of aliphatic imine (C=N–C) groups is 2. The summed E-state index contributed by atoms with van der Waals surface area (Å²) in [6.07, 6.45) is -1.20. The van der Waals surface area contributed by atoms with Gasteiger partial charge in [0.25, 0.3) is 0 Å². The van der Waals surface area contributed by atoms with Crippen molar-refractivity contribution in [3.8, 4) is 11.5 Å². The SMILES string of the molecule is CNCC(=O)N[C@@H](Cc1ccc(O)cc1)C(=O)N[C@@H](CC(N)=O)C(=O)N[C@@H](CC(C)C)C(=O)N[C@@H](Cc1ccc(O)cc1)C(=O)N[C@@H](CCCN=C(N)N)C(=O)N[C@H](C(=O)N[C@@H](CCCN=C(N)N)C(=O)N[C@@H](CO)C(N)=O)C(C)C. The van der Waals surface area contributed by atoms with E-state index in [9.17, 15) is 63.3 Å². The summed E-state index contributed by atoms with van der Waals surface area (Å²) in [6.45, 7) is 5.62. The number of aliphatic hydroxyl groups excluding tert-OH is 1. The number of primary amides is 2. The first-order chi connectivity index (χ1) is 38.1. The number of hydrogen-bond acceptors (Lipinski definition) is 16. The molecule has 448 valence electrons. The summed E-state index contributed by atoms with van der Waals surface area (Å²) in [5, 5.41) is 52.5. The van der Waals surface area contributed by atoms with Crippen LogP contribution in [0.1, 0.15) is 77.3 Å². The second kappa shape index (κ2) is 34.9. The molecule has 10 amide bonds. The fourth-order valence-corrected chi connectivity index (χ4v) is 7.84. The lowest BCUT2D eigenvalue weighted by Gasteiger charge is -2.29. The number of nitrogens with one attached hydrogen (secondary N) is 9. The molecule has 0 unspecified atom stereocenters. The Hall–Kier alpha value is -8.80. The third-order valence-electron chi connectivity index (χ3n) is 12.0. The minimum Gasteiger partial charge on any atom is -0.508 e. The van der Waals surface area contributed by atoms with Crippen LogP contribution in [-0.4, -0.2) is 168 Å². The molecule has 0 aliphatic heterocycles. The number of hydrogen-bond donors (Lipinski definition) is 18. The minimum absolute atomic E-state index is 0.0155. The molecule has 2 aromatic carbocycles. The number of phenols is 2. The normalized spacial score (nSPS) is 13.9. The first kappa shape index (κ1) is 68.3. The molecule has 8 atom stereocenters. The van der Waals surface area contributed by atoms with Crippen LogP contribution in [0.2, 0.25) is 0 Å². The molecule has 81 heavy (non-hydrogen) atoms. The van der Waals surface area contributed by atoms with Gasteiger partial charge in [0.2, 0.25) is 59.1 Å². The molecular formula is C51H81N17O13. The summed E-state index contributed by atoms with van der Waals surface area (Å²) in [6, 6.07) is -0.313. The van der Waals surface area contributed by atoms with Crippen LogP contribution in [0.3, 0.4) is 0 Å². The van der Waals surface area contributed by atoms with Crippen molar-refractivity contribution in [3.63, 3.8) is 0 Å². The van der Waals surface area contributed by atoms with Gasteiger partial charge >= 0.3 is 0 Å². The van der Waals surface area contributed by atoms with E-state index in [4.69, 9.17) is 34.4 Å². The van der Waals surface area contributed by atoms with Gasteiger partial charge in [-0.05, 0) is 86.4 Å². The maximum Gasteiger partial charge on any atom is 0.243 e. The van der Waals surface area contributed by atoms with Gasteiger partial charge in [0.15, 0.2) is 11.9 Å². The largest absolute Gasteiger partial charge is 0.508 e. The van der Waals surface area contributed by atoms with Crippen LogP contribution in [0.15, 0.2) is 58.5 Å². The van der Waals surface area contributed by atoms with E-state index in [2.05, 4.69) is 57.8 Å². The highest BCUT2D eigenvalue weighted by atomic mass is 16.3. The molecule has 24 N–H and O–H groups in total. The number of aromatic hydroxyl groups is 2. The summed E-state index contributed by atoms with van der Waals surface area (Å²) < 4.78 is 0. The zero-order valence-corrected chi connectivity index (χ0v) is 46.2. The van der Waals surface area contributed by atoms with Gasteiger partial charge in [0.1, 0.15) is 59.8 Å². The number of rotatable bonds is 36. The molecular weight excluding hydrogens is 1060 g/mol. The molecule has 0 heterocycles. The fraction of sp³-hybridized carbons (Fsp3) is 0.529. The van der Waals surface area contributed by atoms with Crippen molar-refractivity contribution in [1.82, 2.24) is 47.9 Å². The number of nitrogens with two attached hydrogens (primary N) is 6. The molecule has 2 rings (SSSR count). The van der Waals surface area contributed by atoms with Gasteiger partial charge in [0, 0.05) is 25.9 Å². The molecule has 0 radical (unpaired) electrons. The second-order valence-electron chi connectivity index (χ2n) is 19.8. The van der Waals surface area contributed by atoms with E-state index >= 15 is 0 Å². The topological polar surface area (TPSA) is 520 Å². The Morgan fingerprint density at radius 3 is 1.30 bits per heavy atom. The Morgan fingerprint density at radius 1 is 0.494 bits per heavy atom. The van der Waals surface area contributed by atoms with Gasteiger partial charge < -0.3 is 97.6 Å². The molecule has 0 aliphatic rings. The van der Waals surface area contributed by atoms with Crippen LogP contribution in [0, 0.1) is 11.8 Å². The van der Waals surface area contributed by atoms with Gasteiger partial charge in [-0.15, -0.1) is 0 Å². The van der Waals surface area contributed by atoms with Crippen molar-refractivity contribution in [2.45, 2.75) is 127 Å². The van der Waals surface area contributed by atoms with E-state index < -0.39 is 126 Å². The number of phenolic OH excluding ortho intramolecular Hbond substituents is 2. The van der Waals surface area contributed by atoms with Crippen molar-refractivity contribution >= 4 is 71.0 Å². The van der Waals surface area contributed by atoms with Crippen LogP contribution in [0.5, 0.6) is 11.5 Å². The summed E-state index contributed by atoms with van der Waals surface area (Å²) >= 11 is 0. The number of nitrogens with zero attached hydrogens (tertiary/aromatic N) is 2. The van der Waals surface area contributed by atoms with E-state index in [0.29, 0.717) is 11.1 Å². The van der Waals surface area contributed by atoms with Crippen molar-refractivity contribution in [2.75, 3.05) is 33.3 Å². The van der Waals surface area contributed by atoms with Gasteiger partial charge in [-0.3, -0.25) is 57.9 Å². The number of aliphatic hydroxyl groups is 1. The standard InChI is InChI=1S/C51H81N17O13/c1-26(2)20-34(64-48(80)37(23-39(52)72)66-46(78)35(61-40(73)24-58-5)21-28-10-14-30(70)15-11-28)45(77)65-36(22-29-12-16-31(71)17-13-29)47(79)62-33(9-7-19-60-51(56)57)44(76)68-41(27(3)4)49(81)63-32(8-6-18-59-50(54)55)43(75)67-38(25-69)42(53)74/h10-17,26-27,32-38,41,58,69-71H,6-9,18-25H2,1-5H3,(H2,52,72)(H2,53,74)(H,61,73)(H,62,79)(H,63,81)(H,64,80)(H,65,77)(H,66,78)(H,67,75)(H,68,76)(H4,54,55,59)(H4,56,57,60)/t32-,33-,34-,35-,36-,37-,38-,41-/m0/s1. The highest BCUT2D eigenvalue weighted by Gasteiger charge is 2.36. The van der Waals surface area contributed by atoms with Crippen LogP contribution >= 0.6 is 0 Å². The Balaban J connectivity index is 2.56. The lowest BCUT2D eigenvalue weighted by molar-refractivity contribution is -0.136. The maximum absolute atomic E-state index is 14.6. The molecule has 0 saturated heterocycles. The van der Waals surface area contributed by atoms with E-state index in [1.165, 1.54) is 55.6 Å². The molecule has 2 aromatic rings. The first-order valence-corrected chi connectivity index (χ1v) is 26.1. The predicted molar refractivity (Wildman–Crippen MR) is 297 cm³/mol. The van der Waals surface area contributed by atoms with Crippen molar-refractivity contribution in [2.24, 2.45) is 56.2 Å². The molecule has 0 fully saturated rings. The van der Waals surface area contributed by atoms with Crippen LogP contribution < -0.4 is 82.3 Å². The van der Waals surface area contributed by atoms with E-state index in [1.807, 2.05) is 0 Å². The summed E-state index contributed by atoms with van der Waals surface area (Å²) in [5.41, 5.74) is 33.7. The molecule has 0 aromatic heterocycles. The zero-order valence-electron chi connectivity index (χ0n) is 46.2. The minimum atomic E-state index is -1.69. The van der Waals surface area contributed by atoms with Crippen molar-refractivity contribution in [3.05, 3.63) is 59.7 Å². The van der Waals surface area contributed by atoms with Gasteiger partial charge in [-0.25, -0.2) is 0 Å². The third-order valence-corrected chi connectivity index (χ3v) is 12.0. The predicted octanol–water partition coefficient (Wildman–Crippen LogP) is -5.86. The third kappa shape index (κ3) is 26.1. The molecule has 0 aliphatic carbocycles. The molecule has 0 saturated carbocycles. The molecule has 0 bridgehead atoms. The smallest absolute Gasteiger partial charge is 0.243 e. The Kier molecular flexibility index (Phi) is 29.5. The molecule has 30 nitrogen and oxygen atoms in total. The molecule has 0 spiro atoms. The van der Waals surface area contributed by atoms with Crippen LogP contribution in [-0.2, 0) is 60.8 Å². The van der Waals surface area contributed by atoms with E-state index in [-0.39, 0.29) is 93.9 Å². The van der Waals surface area contributed by atoms with Gasteiger partial charge in [-0.1, -0.05) is 52.0 Å². The van der Waals surface area contributed by atoms with Gasteiger partial charge in [0.05, 0.1) is 19.6 Å². The lowest BCUT2D eigenvalue weighted by atomic mass is 9.99.